The summed E-state index contributed by atoms with van der Waals surface area (Å²) < 4.78 is 0. The summed E-state index contributed by atoms with van der Waals surface area (Å²) >= 11 is 1.38. The predicted molar refractivity (Wildman–Crippen MR) is 52.1 cm³/mol. The largest absolute Gasteiger partial charge is 0.280 e. The van der Waals surface area contributed by atoms with E-state index >= 15 is 0 Å². The lowest BCUT2D eigenvalue weighted by Gasteiger charge is -2.23. The molecular weight excluding hydrogens is 186 g/mol. The molecule has 1 aliphatic heterocycles. The van der Waals surface area contributed by atoms with E-state index in [1.807, 2.05) is 0 Å². The van der Waals surface area contributed by atoms with Crippen molar-refractivity contribution in [3.05, 3.63) is 0 Å². The van der Waals surface area contributed by atoms with E-state index in [-0.39, 0.29) is 11.8 Å². The van der Waals surface area contributed by atoms with Crippen LogP contribution in [0.25, 0.3) is 0 Å². The van der Waals surface area contributed by atoms with Crippen molar-refractivity contribution in [2.24, 2.45) is 0 Å². The Kier molecular flexibility index (Phi) is 3.84. The number of thioether (sulfide) groups is 1. The number of carbonyl (C=O) groups excluding carboxylic acids is 2. The monoisotopic (exact) mass is 197 g/mol. The van der Waals surface area contributed by atoms with Gasteiger partial charge in [-0.25, -0.2) is 0 Å². The molecule has 1 fully saturated rings. The third kappa shape index (κ3) is 2.78. The van der Waals surface area contributed by atoms with E-state index in [0.29, 0.717) is 24.5 Å². The molecule has 2 amide bonds. The molecule has 0 aromatic heterocycles. The van der Waals surface area contributed by atoms with E-state index in [4.69, 9.17) is 0 Å². The molecule has 3 nitrogen and oxygen atoms in total. The van der Waals surface area contributed by atoms with Gasteiger partial charge < -0.3 is 0 Å². The van der Waals surface area contributed by atoms with Gasteiger partial charge in [0.15, 0.2) is 0 Å². The van der Waals surface area contributed by atoms with Gasteiger partial charge in [-0.05, 0) is 6.92 Å². The number of hydrogen-bond acceptors (Lipinski definition) is 3. The zero-order valence-corrected chi connectivity index (χ0v) is 8.32. The molecule has 0 saturated carbocycles. The molecule has 0 aliphatic carbocycles. The molecule has 1 aliphatic rings. The molecule has 0 radical (unpaired) electrons. The van der Waals surface area contributed by atoms with Crippen LogP contribution in [0.2, 0.25) is 0 Å². The third-order valence-corrected chi connectivity index (χ3v) is 2.59. The Labute approximate surface area is 81.9 Å². The maximum atomic E-state index is 11.2. The first kappa shape index (κ1) is 10.1. The van der Waals surface area contributed by atoms with Crippen molar-refractivity contribution < 1.29 is 9.59 Å². The maximum absolute atomic E-state index is 11.2. The molecule has 0 bridgehead atoms. The molecule has 0 spiro atoms. The molecule has 13 heavy (non-hydrogen) atoms. The summed E-state index contributed by atoms with van der Waals surface area (Å²) in [6.07, 6.45) is 0.582. The molecule has 4 heteroatoms. The van der Waals surface area contributed by atoms with Crippen LogP contribution < -0.4 is 0 Å². The second-order valence-electron chi connectivity index (χ2n) is 2.61. The quantitative estimate of drug-likeness (QED) is 0.478. The van der Waals surface area contributed by atoms with Crippen LogP contribution in [0.5, 0.6) is 0 Å². The Hall–Kier alpha value is -0.950. The average molecular weight is 197 g/mol. The SMILES string of the molecule is CC#CCCN1C(=O)CSCC1=O. The van der Waals surface area contributed by atoms with Crippen LogP contribution in [0.15, 0.2) is 0 Å². The fourth-order valence-electron chi connectivity index (χ4n) is 1.06. The summed E-state index contributed by atoms with van der Waals surface area (Å²) in [6, 6.07) is 0. The number of amides is 2. The summed E-state index contributed by atoms with van der Waals surface area (Å²) in [4.78, 5) is 23.8. The number of rotatable bonds is 2. The van der Waals surface area contributed by atoms with E-state index < -0.39 is 0 Å². The van der Waals surface area contributed by atoms with Gasteiger partial charge in [0.2, 0.25) is 11.8 Å². The van der Waals surface area contributed by atoms with Gasteiger partial charge in [-0.15, -0.1) is 23.6 Å². The lowest BCUT2D eigenvalue weighted by atomic mass is 10.3. The fraction of sp³-hybridized carbons (Fsp3) is 0.556. The first-order valence-corrected chi connectivity index (χ1v) is 5.21. The highest BCUT2D eigenvalue weighted by atomic mass is 32.2. The highest BCUT2D eigenvalue weighted by molar-refractivity contribution is 8.00. The summed E-state index contributed by atoms with van der Waals surface area (Å²) in [5.74, 6) is 6.24. The molecule has 0 aromatic carbocycles. The highest BCUT2D eigenvalue weighted by Crippen LogP contribution is 2.11. The normalized spacial score (nSPS) is 16.8. The van der Waals surface area contributed by atoms with Crippen LogP contribution >= 0.6 is 11.8 Å². The van der Waals surface area contributed by atoms with Crippen molar-refractivity contribution in [1.29, 1.82) is 0 Å². The number of imide groups is 1. The number of carbonyl (C=O) groups is 2. The van der Waals surface area contributed by atoms with Crippen LogP contribution in [0, 0.1) is 11.8 Å². The van der Waals surface area contributed by atoms with Gasteiger partial charge in [-0.1, -0.05) is 0 Å². The lowest BCUT2D eigenvalue weighted by Crippen LogP contribution is -2.43. The molecular formula is C9H11NO2S. The third-order valence-electron chi connectivity index (χ3n) is 1.69. The maximum Gasteiger partial charge on any atom is 0.239 e. The van der Waals surface area contributed by atoms with Gasteiger partial charge in [0.1, 0.15) is 0 Å². The Morgan fingerprint density at radius 3 is 2.54 bits per heavy atom. The van der Waals surface area contributed by atoms with Crippen molar-refractivity contribution in [2.75, 3.05) is 18.1 Å². The zero-order valence-electron chi connectivity index (χ0n) is 7.50. The van der Waals surface area contributed by atoms with Crippen LogP contribution in [0.3, 0.4) is 0 Å². The van der Waals surface area contributed by atoms with Crippen molar-refractivity contribution in [2.45, 2.75) is 13.3 Å². The second-order valence-corrected chi connectivity index (χ2v) is 3.59. The Morgan fingerprint density at radius 1 is 1.38 bits per heavy atom. The Balaban J connectivity index is 2.47. The molecule has 0 aromatic rings. The van der Waals surface area contributed by atoms with Gasteiger partial charge in [0.05, 0.1) is 11.5 Å². The van der Waals surface area contributed by atoms with Gasteiger partial charge in [0.25, 0.3) is 0 Å². The molecule has 70 valence electrons. The summed E-state index contributed by atoms with van der Waals surface area (Å²) in [6.45, 7) is 2.19. The smallest absolute Gasteiger partial charge is 0.239 e. The Morgan fingerprint density at radius 2 is 2.00 bits per heavy atom. The molecule has 0 N–H and O–H groups in total. The standard InChI is InChI=1S/C9H11NO2S/c1-2-3-4-5-10-8(11)6-13-7-9(10)12/h4-7H2,1H3. The predicted octanol–water partition coefficient (Wildman–Crippen LogP) is 0.502. The first-order chi connectivity index (χ1) is 6.25. The van der Waals surface area contributed by atoms with E-state index in [1.54, 1.807) is 6.92 Å². The van der Waals surface area contributed by atoms with E-state index in [1.165, 1.54) is 16.7 Å². The second kappa shape index (κ2) is 4.93. The molecule has 0 atom stereocenters. The zero-order chi connectivity index (χ0) is 9.68. The highest BCUT2D eigenvalue weighted by Gasteiger charge is 2.25. The lowest BCUT2D eigenvalue weighted by molar-refractivity contribution is -0.142. The van der Waals surface area contributed by atoms with Gasteiger partial charge >= 0.3 is 0 Å². The summed E-state index contributed by atoms with van der Waals surface area (Å²) in [7, 11) is 0. The number of hydrogen-bond donors (Lipinski definition) is 0. The van der Waals surface area contributed by atoms with Crippen molar-refractivity contribution in [1.82, 2.24) is 4.90 Å². The van der Waals surface area contributed by atoms with Crippen molar-refractivity contribution in [3.8, 4) is 11.8 Å². The minimum absolute atomic E-state index is 0.0841. The summed E-state index contributed by atoms with van der Waals surface area (Å²) in [5, 5.41) is 0. The van der Waals surface area contributed by atoms with E-state index in [0.717, 1.165) is 0 Å². The molecule has 1 heterocycles. The van der Waals surface area contributed by atoms with Crippen LogP contribution in [0.4, 0.5) is 0 Å². The Bertz CT molecular complexity index is 261. The van der Waals surface area contributed by atoms with Gasteiger partial charge in [0, 0.05) is 13.0 Å². The topological polar surface area (TPSA) is 37.4 Å². The minimum Gasteiger partial charge on any atom is -0.280 e. The summed E-state index contributed by atoms with van der Waals surface area (Å²) in [5.41, 5.74) is 0. The van der Waals surface area contributed by atoms with Crippen LogP contribution in [-0.2, 0) is 9.59 Å². The van der Waals surface area contributed by atoms with Crippen molar-refractivity contribution >= 4 is 23.6 Å². The van der Waals surface area contributed by atoms with Crippen LogP contribution in [0.1, 0.15) is 13.3 Å². The van der Waals surface area contributed by atoms with E-state index in [9.17, 15) is 9.59 Å². The molecule has 0 unspecified atom stereocenters. The van der Waals surface area contributed by atoms with Gasteiger partial charge in [-0.3, -0.25) is 14.5 Å². The number of nitrogens with zero attached hydrogens (tertiary/aromatic N) is 1. The van der Waals surface area contributed by atoms with Gasteiger partial charge in [-0.2, -0.15) is 0 Å². The molecule has 1 rings (SSSR count). The molecule has 1 saturated heterocycles. The van der Waals surface area contributed by atoms with Crippen LogP contribution in [-0.4, -0.2) is 34.8 Å². The van der Waals surface area contributed by atoms with Crippen molar-refractivity contribution in [3.63, 3.8) is 0 Å². The van der Waals surface area contributed by atoms with E-state index in [2.05, 4.69) is 11.8 Å². The fourth-order valence-corrected chi connectivity index (χ4v) is 1.83. The minimum atomic E-state index is -0.0841. The first-order valence-electron chi connectivity index (χ1n) is 4.06. The average Bonchev–Trinajstić information content (AvgIpc) is 2.10.